The van der Waals surface area contributed by atoms with Gasteiger partial charge in [0.05, 0.1) is 12.3 Å². The SMILES string of the molecule is O=C(CCCOc1ccc2c(c1)CCC(=O)N2)Nc1ccc(N2C(=O)CCCC2=O)cc1. The number of fused-ring (bicyclic) bond motifs is 1. The standard InChI is InChI=1S/C24H25N3O5/c28-21(3-2-14-32-19-11-12-20-16(15-19)6-13-22(29)26-20)25-17-7-9-18(10-8-17)27-23(30)4-1-5-24(27)31/h7-12,15H,1-6,13-14H2,(H,25,28)(H,26,29). The molecule has 0 unspecified atom stereocenters. The lowest BCUT2D eigenvalue weighted by Crippen LogP contribution is -2.40. The summed E-state index contributed by atoms with van der Waals surface area (Å²) in [5, 5.41) is 5.65. The Labute approximate surface area is 185 Å². The minimum absolute atomic E-state index is 0.0280. The van der Waals surface area contributed by atoms with Gasteiger partial charge in [0.2, 0.25) is 23.6 Å². The van der Waals surface area contributed by atoms with E-state index in [4.69, 9.17) is 4.74 Å². The summed E-state index contributed by atoms with van der Waals surface area (Å²) in [5.41, 5.74) is 3.01. The molecule has 1 fully saturated rings. The molecule has 0 aliphatic carbocycles. The molecule has 166 valence electrons. The number of amides is 4. The second-order valence-corrected chi connectivity index (χ2v) is 7.89. The summed E-state index contributed by atoms with van der Waals surface area (Å²) in [6.07, 6.45) is 3.35. The highest BCUT2D eigenvalue weighted by molar-refractivity contribution is 6.16. The van der Waals surface area contributed by atoms with E-state index in [-0.39, 0.29) is 23.6 Å². The van der Waals surface area contributed by atoms with Crippen LogP contribution in [0, 0.1) is 0 Å². The van der Waals surface area contributed by atoms with Crippen LogP contribution in [0.15, 0.2) is 42.5 Å². The lowest BCUT2D eigenvalue weighted by molar-refractivity contribution is -0.129. The Balaban J connectivity index is 1.22. The van der Waals surface area contributed by atoms with Gasteiger partial charge in [-0.2, -0.15) is 0 Å². The van der Waals surface area contributed by atoms with Gasteiger partial charge < -0.3 is 15.4 Å². The molecule has 2 aliphatic heterocycles. The zero-order chi connectivity index (χ0) is 22.5. The number of ether oxygens (including phenoxy) is 1. The first-order valence-electron chi connectivity index (χ1n) is 10.8. The van der Waals surface area contributed by atoms with Crippen LogP contribution >= 0.6 is 0 Å². The first-order chi connectivity index (χ1) is 15.5. The van der Waals surface area contributed by atoms with Crippen molar-refractivity contribution in [2.75, 3.05) is 22.1 Å². The van der Waals surface area contributed by atoms with Crippen LogP contribution in [0.4, 0.5) is 17.1 Å². The van der Waals surface area contributed by atoms with Gasteiger partial charge in [0, 0.05) is 37.1 Å². The van der Waals surface area contributed by atoms with Gasteiger partial charge in [-0.1, -0.05) is 0 Å². The zero-order valence-electron chi connectivity index (χ0n) is 17.7. The number of nitrogens with one attached hydrogen (secondary N) is 2. The van der Waals surface area contributed by atoms with Gasteiger partial charge in [-0.05, 0) is 67.3 Å². The number of imide groups is 1. The van der Waals surface area contributed by atoms with Gasteiger partial charge in [-0.3, -0.25) is 24.1 Å². The molecule has 8 nitrogen and oxygen atoms in total. The predicted octanol–water partition coefficient (Wildman–Crippen LogP) is 3.41. The Hall–Kier alpha value is -3.68. The highest BCUT2D eigenvalue weighted by Gasteiger charge is 2.27. The largest absolute Gasteiger partial charge is 0.494 e. The number of benzene rings is 2. The van der Waals surface area contributed by atoms with Crippen molar-refractivity contribution >= 4 is 40.7 Å². The van der Waals surface area contributed by atoms with Crippen LogP contribution in [0.5, 0.6) is 5.75 Å². The molecule has 0 saturated carbocycles. The van der Waals surface area contributed by atoms with Crippen molar-refractivity contribution in [2.24, 2.45) is 0 Å². The van der Waals surface area contributed by atoms with E-state index in [0.29, 0.717) is 62.9 Å². The maximum Gasteiger partial charge on any atom is 0.233 e. The molecule has 4 rings (SSSR count). The molecular weight excluding hydrogens is 410 g/mol. The Bertz CT molecular complexity index is 1030. The third-order valence-corrected chi connectivity index (χ3v) is 5.48. The number of hydrogen-bond acceptors (Lipinski definition) is 5. The summed E-state index contributed by atoms with van der Waals surface area (Å²) < 4.78 is 5.74. The summed E-state index contributed by atoms with van der Waals surface area (Å²) in [6.45, 7) is 0.399. The highest BCUT2D eigenvalue weighted by Crippen LogP contribution is 2.27. The van der Waals surface area contributed by atoms with Crippen LogP contribution in [0.25, 0.3) is 0 Å². The summed E-state index contributed by atoms with van der Waals surface area (Å²) in [6, 6.07) is 12.3. The molecular formula is C24H25N3O5. The lowest BCUT2D eigenvalue weighted by atomic mass is 10.0. The lowest BCUT2D eigenvalue weighted by Gasteiger charge is -2.24. The van der Waals surface area contributed by atoms with Crippen molar-refractivity contribution < 1.29 is 23.9 Å². The minimum Gasteiger partial charge on any atom is -0.494 e. The van der Waals surface area contributed by atoms with E-state index in [2.05, 4.69) is 10.6 Å². The van der Waals surface area contributed by atoms with Crippen LogP contribution in [0.3, 0.4) is 0 Å². The number of anilines is 3. The summed E-state index contributed by atoms with van der Waals surface area (Å²) in [4.78, 5) is 48.9. The number of aryl methyl sites for hydroxylation is 1. The first kappa shape index (κ1) is 21.5. The van der Waals surface area contributed by atoms with Crippen LogP contribution in [0.2, 0.25) is 0 Å². The molecule has 0 spiro atoms. The Morgan fingerprint density at radius 3 is 2.47 bits per heavy atom. The molecule has 0 radical (unpaired) electrons. The number of carbonyl (C=O) groups excluding carboxylic acids is 4. The van der Waals surface area contributed by atoms with Crippen molar-refractivity contribution in [1.29, 1.82) is 0 Å². The average Bonchev–Trinajstić information content (AvgIpc) is 2.78. The van der Waals surface area contributed by atoms with Gasteiger partial charge in [0.25, 0.3) is 0 Å². The normalized spacial score (nSPS) is 15.8. The van der Waals surface area contributed by atoms with E-state index in [1.807, 2.05) is 18.2 Å². The molecule has 0 atom stereocenters. The first-order valence-corrected chi connectivity index (χ1v) is 10.8. The van der Waals surface area contributed by atoms with E-state index in [9.17, 15) is 19.2 Å². The smallest absolute Gasteiger partial charge is 0.233 e. The third kappa shape index (κ3) is 5.14. The molecule has 4 amide bonds. The Morgan fingerprint density at radius 1 is 0.969 bits per heavy atom. The van der Waals surface area contributed by atoms with Crippen molar-refractivity contribution in [3.8, 4) is 5.75 Å². The number of carbonyl (C=O) groups is 4. The maximum atomic E-state index is 12.2. The summed E-state index contributed by atoms with van der Waals surface area (Å²) in [5.74, 6) is 0.223. The quantitative estimate of drug-likeness (QED) is 0.512. The molecule has 2 aromatic rings. The van der Waals surface area contributed by atoms with Crippen LogP contribution < -0.4 is 20.3 Å². The van der Waals surface area contributed by atoms with Crippen molar-refractivity contribution in [3.05, 3.63) is 48.0 Å². The fraction of sp³-hybridized carbons (Fsp3) is 0.333. The van der Waals surface area contributed by atoms with Crippen LogP contribution in [-0.2, 0) is 25.6 Å². The van der Waals surface area contributed by atoms with Gasteiger partial charge in [0.1, 0.15) is 5.75 Å². The monoisotopic (exact) mass is 435 g/mol. The molecule has 2 heterocycles. The second-order valence-electron chi connectivity index (χ2n) is 7.89. The van der Waals surface area contributed by atoms with Crippen LogP contribution in [0.1, 0.15) is 44.1 Å². The predicted molar refractivity (Wildman–Crippen MR) is 120 cm³/mol. The van der Waals surface area contributed by atoms with Gasteiger partial charge in [-0.15, -0.1) is 0 Å². The average molecular weight is 435 g/mol. The van der Waals surface area contributed by atoms with Crippen molar-refractivity contribution in [1.82, 2.24) is 0 Å². The molecule has 8 heteroatoms. The van der Waals surface area contributed by atoms with Crippen LogP contribution in [-0.4, -0.2) is 30.2 Å². The molecule has 2 N–H and O–H groups in total. The molecule has 0 aromatic heterocycles. The molecule has 32 heavy (non-hydrogen) atoms. The number of rotatable bonds is 7. The van der Waals surface area contributed by atoms with Gasteiger partial charge >= 0.3 is 0 Å². The van der Waals surface area contributed by atoms with Crippen molar-refractivity contribution in [2.45, 2.75) is 44.9 Å². The fourth-order valence-electron chi connectivity index (χ4n) is 3.83. The van der Waals surface area contributed by atoms with E-state index >= 15 is 0 Å². The topological polar surface area (TPSA) is 105 Å². The Kier molecular flexibility index (Phi) is 6.49. The van der Waals surface area contributed by atoms with Crippen molar-refractivity contribution in [3.63, 3.8) is 0 Å². The Morgan fingerprint density at radius 2 is 1.72 bits per heavy atom. The van der Waals surface area contributed by atoms with E-state index in [1.165, 1.54) is 4.90 Å². The third-order valence-electron chi connectivity index (χ3n) is 5.48. The van der Waals surface area contributed by atoms with E-state index in [0.717, 1.165) is 17.0 Å². The molecule has 1 saturated heterocycles. The van der Waals surface area contributed by atoms with E-state index in [1.54, 1.807) is 24.3 Å². The fourth-order valence-corrected chi connectivity index (χ4v) is 3.83. The number of nitrogens with zero attached hydrogens (tertiary/aromatic N) is 1. The van der Waals surface area contributed by atoms with Gasteiger partial charge in [0.15, 0.2) is 0 Å². The molecule has 0 bridgehead atoms. The van der Waals surface area contributed by atoms with Gasteiger partial charge in [-0.25, -0.2) is 0 Å². The molecule has 2 aromatic carbocycles. The second kappa shape index (κ2) is 9.64. The van der Waals surface area contributed by atoms with E-state index < -0.39 is 0 Å². The minimum atomic E-state index is -0.193. The highest BCUT2D eigenvalue weighted by atomic mass is 16.5. The zero-order valence-corrected chi connectivity index (χ0v) is 17.7. The summed E-state index contributed by atoms with van der Waals surface area (Å²) in [7, 11) is 0. The summed E-state index contributed by atoms with van der Waals surface area (Å²) >= 11 is 0. The maximum absolute atomic E-state index is 12.2. The number of piperidine rings is 1. The number of hydrogen-bond donors (Lipinski definition) is 2. The molecule has 2 aliphatic rings.